The zero-order valence-corrected chi connectivity index (χ0v) is 13.5. The summed E-state index contributed by atoms with van der Waals surface area (Å²) in [6.07, 6.45) is 6.45. The quantitative estimate of drug-likeness (QED) is 0.895. The molecule has 0 amide bonds. The number of nitrogens with one attached hydrogen (secondary N) is 1. The molecule has 4 nitrogen and oxygen atoms in total. The average Bonchev–Trinajstić information content (AvgIpc) is 2.74. The number of hydrogen-bond donors (Lipinski definition) is 2. The van der Waals surface area contributed by atoms with Gasteiger partial charge in [0.25, 0.3) is 0 Å². The van der Waals surface area contributed by atoms with Crippen LogP contribution in [0.3, 0.4) is 0 Å². The Morgan fingerprint density at radius 3 is 2.40 bits per heavy atom. The molecule has 112 valence electrons. The summed E-state index contributed by atoms with van der Waals surface area (Å²) in [7, 11) is 0. The molecule has 1 heterocycles. The predicted molar refractivity (Wildman–Crippen MR) is 82.1 cm³/mol. The summed E-state index contributed by atoms with van der Waals surface area (Å²) in [5.41, 5.74) is 0.717. The van der Waals surface area contributed by atoms with E-state index in [9.17, 15) is 5.11 Å². The molecule has 1 aromatic rings. The molecule has 0 unspecified atom stereocenters. The minimum atomic E-state index is 0.0543. The van der Waals surface area contributed by atoms with Crippen molar-refractivity contribution in [2.75, 3.05) is 18.5 Å². The number of aliphatic hydroxyl groups excluding tert-OH is 1. The van der Waals surface area contributed by atoms with E-state index in [2.05, 4.69) is 36.3 Å². The molecular formula is C15H25N3OS. The van der Waals surface area contributed by atoms with Crippen LogP contribution in [0.5, 0.6) is 0 Å². The van der Waals surface area contributed by atoms with E-state index in [-0.39, 0.29) is 17.4 Å². The summed E-state index contributed by atoms with van der Waals surface area (Å²) >= 11 is 1.63. The second kappa shape index (κ2) is 4.67. The molecule has 0 saturated heterocycles. The van der Waals surface area contributed by atoms with E-state index in [1.54, 1.807) is 11.3 Å². The Labute approximate surface area is 125 Å². The molecule has 1 spiro atoms. The van der Waals surface area contributed by atoms with Crippen molar-refractivity contribution in [1.82, 2.24) is 10.2 Å². The van der Waals surface area contributed by atoms with Crippen LogP contribution in [-0.4, -0.2) is 28.5 Å². The van der Waals surface area contributed by atoms with Gasteiger partial charge in [-0.15, -0.1) is 10.2 Å². The van der Waals surface area contributed by atoms with Crippen LogP contribution in [0.15, 0.2) is 0 Å². The Morgan fingerprint density at radius 1 is 1.25 bits per heavy atom. The Kier molecular flexibility index (Phi) is 3.33. The molecule has 3 rings (SSSR count). The summed E-state index contributed by atoms with van der Waals surface area (Å²) in [5.74, 6) is 0. The summed E-state index contributed by atoms with van der Waals surface area (Å²) < 4.78 is 0. The van der Waals surface area contributed by atoms with Crippen molar-refractivity contribution in [2.45, 2.75) is 58.3 Å². The Morgan fingerprint density at radius 2 is 1.95 bits per heavy atom. The van der Waals surface area contributed by atoms with Gasteiger partial charge in [-0.2, -0.15) is 0 Å². The first-order chi connectivity index (χ1) is 9.37. The van der Waals surface area contributed by atoms with Crippen molar-refractivity contribution < 1.29 is 5.11 Å². The summed E-state index contributed by atoms with van der Waals surface area (Å²) in [6, 6.07) is 0. The molecule has 0 aliphatic heterocycles. The Bertz CT molecular complexity index is 480. The second-order valence-electron chi connectivity index (χ2n) is 7.88. The third kappa shape index (κ3) is 2.46. The van der Waals surface area contributed by atoms with E-state index in [1.165, 1.54) is 32.1 Å². The van der Waals surface area contributed by atoms with Crippen LogP contribution >= 0.6 is 11.3 Å². The topological polar surface area (TPSA) is 58.0 Å². The Hall–Kier alpha value is -0.680. The lowest BCUT2D eigenvalue weighted by Gasteiger charge is -2.60. The monoisotopic (exact) mass is 295 g/mol. The lowest BCUT2D eigenvalue weighted by Crippen LogP contribution is -2.55. The van der Waals surface area contributed by atoms with Crippen molar-refractivity contribution in [3.8, 4) is 0 Å². The van der Waals surface area contributed by atoms with E-state index in [1.807, 2.05) is 0 Å². The Balaban J connectivity index is 1.57. The van der Waals surface area contributed by atoms with Crippen molar-refractivity contribution in [1.29, 1.82) is 0 Å². The third-order valence-corrected chi connectivity index (χ3v) is 6.24. The smallest absolute Gasteiger partial charge is 0.205 e. The lowest BCUT2D eigenvalue weighted by atomic mass is 9.45. The largest absolute Gasteiger partial charge is 0.396 e. The highest BCUT2D eigenvalue weighted by atomic mass is 32.1. The van der Waals surface area contributed by atoms with Crippen LogP contribution in [-0.2, 0) is 5.41 Å². The molecule has 5 heteroatoms. The minimum Gasteiger partial charge on any atom is -0.396 e. The fourth-order valence-corrected chi connectivity index (χ4v) is 4.52. The fourth-order valence-electron chi connectivity index (χ4n) is 3.72. The van der Waals surface area contributed by atoms with Crippen LogP contribution in [0.2, 0.25) is 0 Å². The second-order valence-corrected chi connectivity index (χ2v) is 8.86. The SMILES string of the molecule is CC(C)(C)c1nnc(NCC2(CO)CC3(CCC3)C2)s1. The van der Waals surface area contributed by atoms with Gasteiger partial charge in [0.05, 0.1) is 6.61 Å². The maximum absolute atomic E-state index is 9.73. The molecular weight excluding hydrogens is 270 g/mol. The zero-order chi connectivity index (χ0) is 14.4. The molecule has 1 aromatic heterocycles. The van der Waals surface area contributed by atoms with E-state index < -0.39 is 0 Å². The maximum Gasteiger partial charge on any atom is 0.205 e. The first-order valence-electron chi connectivity index (χ1n) is 7.55. The van der Waals surface area contributed by atoms with Gasteiger partial charge >= 0.3 is 0 Å². The molecule has 20 heavy (non-hydrogen) atoms. The molecule has 0 aromatic carbocycles. The number of hydrogen-bond acceptors (Lipinski definition) is 5. The van der Waals surface area contributed by atoms with Gasteiger partial charge in [0.15, 0.2) is 0 Å². The van der Waals surface area contributed by atoms with Crippen LogP contribution < -0.4 is 5.32 Å². The first-order valence-corrected chi connectivity index (χ1v) is 8.37. The van der Waals surface area contributed by atoms with E-state index >= 15 is 0 Å². The highest BCUT2D eigenvalue weighted by Gasteiger charge is 2.56. The third-order valence-electron chi connectivity index (χ3n) is 4.93. The fraction of sp³-hybridized carbons (Fsp3) is 0.867. The first kappa shape index (κ1) is 14.3. The number of rotatable bonds is 4. The molecule has 0 radical (unpaired) electrons. The number of aliphatic hydroxyl groups is 1. The normalized spacial score (nSPS) is 23.2. The van der Waals surface area contributed by atoms with Crippen LogP contribution in [0.1, 0.15) is 57.9 Å². The van der Waals surface area contributed by atoms with Crippen LogP contribution in [0, 0.1) is 10.8 Å². The molecule has 2 saturated carbocycles. The molecule has 2 fully saturated rings. The van der Waals surface area contributed by atoms with Crippen LogP contribution in [0.4, 0.5) is 5.13 Å². The van der Waals surface area contributed by atoms with Gasteiger partial charge in [-0.1, -0.05) is 38.5 Å². The number of nitrogens with zero attached hydrogens (tertiary/aromatic N) is 2. The highest BCUT2D eigenvalue weighted by molar-refractivity contribution is 7.15. The molecule has 0 bridgehead atoms. The standard InChI is InChI=1S/C15H25N3OS/c1-13(2,3)11-17-18-12(20-11)16-9-15(10-19)7-14(8-15)5-4-6-14/h19H,4-10H2,1-3H3,(H,16,18). The molecule has 2 N–H and O–H groups in total. The molecule has 2 aliphatic rings. The van der Waals surface area contributed by atoms with Gasteiger partial charge in [-0.25, -0.2) is 0 Å². The van der Waals surface area contributed by atoms with Gasteiger partial charge < -0.3 is 10.4 Å². The summed E-state index contributed by atoms with van der Waals surface area (Å²) in [6.45, 7) is 7.56. The van der Waals surface area contributed by atoms with Gasteiger partial charge in [-0.05, 0) is 31.1 Å². The number of anilines is 1. The maximum atomic E-state index is 9.73. The molecule has 2 aliphatic carbocycles. The molecule has 0 atom stereocenters. The van der Waals surface area contributed by atoms with Gasteiger partial charge in [-0.3, -0.25) is 0 Å². The van der Waals surface area contributed by atoms with Crippen molar-refractivity contribution in [3.63, 3.8) is 0 Å². The minimum absolute atomic E-state index is 0.0543. The van der Waals surface area contributed by atoms with Crippen LogP contribution in [0.25, 0.3) is 0 Å². The summed E-state index contributed by atoms with van der Waals surface area (Å²) in [4.78, 5) is 0. The average molecular weight is 295 g/mol. The lowest BCUT2D eigenvalue weighted by molar-refractivity contribution is -0.113. The van der Waals surface area contributed by atoms with E-state index in [0.29, 0.717) is 5.41 Å². The highest BCUT2D eigenvalue weighted by Crippen LogP contribution is 2.64. The van der Waals surface area contributed by atoms with Crippen molar-refractivity contribution in [2.24, 2.45) is 10.8 Å². The zero-order valence-electron chi connectivity index (χ0n) is 12.7. The van der Waals surface area contributed by atoms with Gasteiger partial charge in [0, 0.05) is 17.4 Å². The van der Waals surface area contributed by atoms with E-state index in [0.717, 1.165) is 16.7 Å². The summed E-state index contributed by atoms with van der Waals surface area (Å²) in [5, 5.41) is 23.6. The predicted octanol–water partition coefficient (Wildman–Crippen LogP) is 3.19. The van der Waals surface area contributed by atoms with Gasteiger partial charge in [0.1, 0.15) is 5.01 Å². The van der Waals surface area contributed by atoms with Crippen molar-refractivity contribution in [3.05, 3.63) is 5.01 Å². The van der Waals surface area contributed by atoms with Crippen molar-refractivity contribution >= 4 is 16.5 Å². The number of aromatic nitrogens is 2. The van der Waals surface area contributed by atoms with Gasteiger partial charge in [0.2, 0.25) is 5.13 Å². The van der Waals surface area contributed by atoms with E-state index in [4.69, 9.17) is 0 Å².